The van der Waals surface area contributed by atoms with Crippen molar-refractivity contribution in [3.8, 4) is 0 Å². The van der Waals surface area contributed by atoms with E-state index in [1.54, 1.807) is 0 Å². The molecule has 0 saturated heterocycles. The Morgan fingerprint density at radius 3 is 2.67 bits per heavy atom. The Bertz CT molecular complexity index is 632. The van der Waals surface area contributed by atoms with Crippen molar-refractivity contribution in [2.75, 3.05) is 0 Å². The lowest BCUT2D eigenvalue weighted by molar-refractivity contribution is 0.711. The Morgan fingerprint density at radius 1 is 1.06 bits per heavy atom. The Kier molecular flexibility index (Phi) is 3.19. The van der Waals surface area contributed by atoms with Crippen LogP contribution in [0.5, 0.6) is 0 Å². The summed E-state index contributed by atoms with van der Waals surface area (Å²) in [6.45, 7) is 0.825. The van der Waals surface area contributed by atoms with Gasteiger partial charge < -0.3 is 4.57 Å². The zero-order chi connectivity index (χ0) is 12.5. The van der Waals surface area contributed by atoms with Crippen molar-refractivity contribution >= 4 is 45.0 Å². The summed E-state index contributed by atoms with van der Waals surface area (Å²) in [7, 11) is 0. The minimum absolute atomic E-state index is 0.323. The van der Waals surface area contributed by atoms with Crippen LogP contribution in [0.3, 0.4) is 0 Å². The molecule has 3 heteroatoms. The van der Waals surface area contributed by atoms with Crippen LogP contribution in [-0.4, -0.2) is 9.40 Å². The predicted molar refractivity (Wildman–Crippen MR) is 78.4 cm³/mol. The molecule has 0 amide bonds. The van der Waals surface area contributed by atoms with Gasteiger partial charge in [-0.25, -0.2) is 0 Å². The molecule has 0 spiro atoms. The topological polar surface area (TPSA) is 4.93 Å². The van der Waals surface area contributed by atoms with Crippen molar-refractivity contribution < 1.29 is 0 Å². The summed E-state index contributed by atoms with van der Waals surface area (Å²) in [6.07, 6.45) is 0.746. The maximum atomic E-state index is 5.84. The number of rotatable bonds is 3. The fourth-order valence-corrected chi connectivity index (χ4v) is 2.60. The number of halogens is 2. The molecule has 2 aromatic carbocycles. The Morgan fingerprint density at radius 2 is 1.83 bits per heavy atom. The summed E-state index contributed by atoms with van der Waals surface area (Å²) in [4.78, 5) is -0.323. The number of hydrogen-bond acceptors (Lipinski definition) is 0. The van der Waals surface area contributed by atoms with E-state index in [1.807, 2.05) is 12.1 Å². The van der Waals surface area contributed by atoms with E-state index in [9.17, 15) is 0 Å². The molecule has 0 aliphatic heterocycles. The van der Waals surface area contributed by atoms with Gasteiger partial charge in [-0.05, 0) is 30.7 Å². The molecule has 3 rings (SSSR count). The van der Waals surface area contributed by atoms with Crippen LogP contribution >= 0.6 is 23.2 Å². The number of hydrogen-bond donors (Lipinski definition) is 0. The number of aromatic nitrogens is 1. The highest BCUT2D eigenvalue weighted by molar-refractivity contribution is 6.44. The number of fused-ring (bicyclic) bond motifs is 3. The predicted octanol–water partition coefficient (Wildman–Crippen LogP) is 4.79. The second-order valence-corrected chi connectivity index (χ2v) is 5.57. The molecule has 18 heavy (non-hydrogen) atoms. The lowest BCUT2D eigenvalue weighted by Crippen LogP contribution is -2.01. The van der Waals surface area contributed by atoms with Crippen LogP contribution in [0.2, 0.25) is 0 Å². The maximum Gasteiger partial charge on any atom is 0.109 e. The van der Waals surface area contributed by atoms with Crippen LogP contribution in [0.4, 0.5) is 0 Å². The standard InChI is InChI=1S/C15H12Cl2N/c16-15(17)9-10-18-13-7-3-1-5-11(13)12-6-2-4-8-14(12)18/h1,3-8,15H,9-10H2. The Hall–Kier alpha value is -1.18. The largest absolute Gasteiger partial charge is 0.340 e. The lowest BCUT2D eigenvalue weighted by atomic mass is 10.2. The quantitative estimate of drug-likeness (QED) is 0.607. The third kappa shape index (κ3) is 1.98. The van der Waals surface area contributed by atoms with E-state index in [2.05, 4.69) is 41.0 Å². The summed E-state index contributed by atoms with van der Waals surface area (Å²) in [5, 5.41) is 2.49. The van der Waals surface area contributed by atoms with Crippen LogP contribution in [0, 0.1) is 6.07 Å². The highest BCUT2D eigenvalue weighted by Gasteiger charge is 2.10. The molecule has 1 radical (unpaired) electrons. The van der Waals surface area contributed by atoms with Crippen molar-refractivity contribution in [3.63, 3.8) is 0 Å². The SMILES string of the molecule is ClC(Cl)CCn1c2cc[c]cc2c2ccccc21. The molecule has 0 atom stereocenters. The molecule has 0 fully saturated rings. The summed E-state index contributed by atoms with van der Waals surface area (Å²) in [6, 6.07) is 17.6. The van der Waals surface area contributed by atoms with Crippen LogP contribution in [-0.2, 0) is 6.54 Å². The first kappa shape index (κ1) is 11.9. The van der Waals surface area contributed by atoms with Crippen LogP contribution in [0.15, 0.2) is 42.5 Å². The first-order valence-corrected chi connectivity index (χ1v) is 6.80. The average Bonchev–Trinajstić information content (AvgIpc) is 2.71. The third-order valence-corrected chi connectivity index (χ3v) is 3.62. The van der Waals surface area contributed by atoms with Crippen LogP contribution < -0.4 is 0 Å². The zero-order valence-corrected chi connectivity index (χ0v) is 11.2. The second kappa shape index (κ2) is 4.83. The van der Waals surface area contributed by atoms with Gasteiger partial charge in [0, 0.05) is 28.4 Å². The third-order valence-electron chi connectivity index (χ3n) is 3.19. The van der Waals surface area contributed by atoms with Gasteiger partial charge in [-0.2, -0.15) is 0 Å². The van der Waals surface area contributed by atoms with E-state index >= 15 is 0 Å². The smallest absolute Gasteiger partial charge is 0.109 e. The molecular formula is C15H12Cl2N. The summed E-state index contributed by atoms with van der Waals surface area (Å²) in [5.41, 5.74) is 2.44. The normalized spacial score (nSPS) is 11.7. The molecule has 1 heterocycles. The van der Waals surface area contributed by atoms with Gasteiger partial charge in [0.2, 0.25) is 0 Å². The highest BCUT2D eigenvalue weighted by atomic mass is 35.5. The first-order chi connectivity index (χ1) is 8.77. The van der Waals surface area contributed by atoms with Gasteiger partial charge >= 0.3 is 0 Å². The molecule has 1 nitrogen and oxygen atoms in total. The van der Waals surface area contributed by atoms with Crippen molar-refractivity contribution in [1.82, 2.24) is 4.57 Å². The summed E-state index contributed by atoms with van der Waals surface area (Å²) < 4.78 is 2.27. The minimum Gasteiger partial charge on any atom is -0.340 e. The van der Waals surface area contributed by atoms with Gasteiger partial charge in [0.15, 0.2) is 0 Å². The minimum atomic E-state index is -0.323. The Labute approximate surface area is 116 Å². The number of benzene rings is 2. The van der Waals surface area contributed by atoms with Gasteiger partial charge in [-0.1, -0.05) is 24.3 Å². The molecule has 3 aromatic rings. The maximum absolute atomic E-state index is 5.84. The molecule has 0 aliphatic carbocycles. The molecule has 0 unspecified atom stereocenters. The molecule has 0 bridgehead atoms. The van der Waals surface area contributed by atoms with Crippen molar-refractivity contribution in [2.45, 2.75) is 17.8 Å². The second-order valence-electron chi connectivity index (χ2n) is 4.29. The van der Waals surface area contributed by atoms with E-state index in [1.165, 1.54) is 21.8 Å². The van der Waals surface area contributed by atoms with Gasteiger partial charge in [0.05, 0.1) is 0 Å². The molecular weight excluding hydrogens is 265 g/mol. The lowest BCUT2D eigenvalue weighted by Gasteiger charge is -2.07. The van der Waals surface area contributed by atoms with Crippen molar-refractivity contribution in [3.05, 3.63) is 48.5 Å². The van der Waals surface area contributed by atoms with Gasteiger partial charge in [0.25, 0.3) is 0 Å². The first-order valence-electron chi connectivity index (χ1n) is 5.92. The Balaban J connectivity index is 2.24. The average molecular weight is 277 g/mol. The van der Waals surface area contributed by atoms with E-state index < -0.39 is 0 Å². The summed E-state index contributed by atoms with van der Waals surface area (Å²) >= 11 is 11.7. The fraction of sp³-hybridized carbons (Fsp3) is 0.200. The van der Waals surface area contributed by atoms with E-state index in [4.69, 9.17) is 23.2 Å². The van der Waals surface area contributed by atoms with E-state index in [0.717, 1.165) is 13.0 Å². The van der Waals surface area contributed by atoms with Crippen LogP contribution in [0.1, 0.15) is 6.42 Å². The number of nitrogens with zero attached hydrogens (tertiary/aromatic N) is 1. The highest BCUT2D eigenvalue weighted by Crippen LogP contribution is 2.29. The molecule has 0 N–H and O–H groups in total. The van der Waals surface area contributed by atoms with Gasteiger partial charge in [-0.15, -0.1) is 23.2 Å². The molecule has 1 aromatic heterocycles. The molecule has 91 valence electrons. The van der Waals surface area contributed by atoms with Crippen LogP contribution in [0.25, 0.3) is 21.8 Å². The number of aryl methyl sites for hydroxylation is 1. The fourth-order valence-electron chi connectivity index (χ4n) is 2.41. The molecule has 0 saturated carbocycles. The zero-order valence-electron chi connectivity index (χ0n) is 9.74. The van der Waals surface area contributed by atoms with E-state index in [-0.39, 0.29) is 4.84 Å². The van der Waals surface area contributed by atoms with Gasteiger partial charge in [0.1, 0.15) is 4.84 Å². The number of alkyl halides is 2. The van der Waals surface area contributed by atoms with Gasteiger partial charge in [-0.3, -0.25) is 0 Å². The van der Waals surface area contributed by atoms with Crippen molar-refractivity contribution in [2.24, 2.45) is 0 Å². The van der Waals surface area contributed by atoms with E-state index in [0.29, 0.717) is 0 Å². The summed E-state index contributed by atoms with van der Waals surface area (Å²) in [5.74, 6) is 0. The number of para-hydroxylation sites is 1. The molecule has 0 aliphatic rings. The monoisotopic (exact) mass is 276 g/mol. The van der Waals surface area contributed by atoms with Crippen molar-refractivity contribution in [1.29, 1.82) is 0 Å².